The van der Waals surface area contributed by atoms with E-state index in [0.717, 1.165) is 56.6 Å². The van der Waals surface area contributed by atoms with Crippen LogP contribution in [0.25, 0.3) is 22.2 Å². The molecule has 2 heterocycles. The second-order valence-corrected chi connectivity index (χ2v) is 9.99. The van der Waals surface area contributed by atoms with Crippen LogP contribution in [0.5, 0.6) is 23.0 Å². The van der Waals surface area contributed by atoms with Crippen molar-refractivity contribution >= 4 is 40.6 Å². The van der Waals surface area contributed by atoms with Gasteiger partial charge in [-0.3, -0.25) is 4.79 Å². The molecule has 196 valence electrons. The highest BCUT2D eigenvalue weighted by atomic mass is 35.5. The zero-order chi connectivity index (χ0) is 26.8. The van der Waals surface area contributed by atoms with Crippen LogP contribution in [0.15, 0.2) is 66.7 Å². The summed E-state index contributed by atoms with van der Waals surface area (Å²) >= 11 is 7.64. The molecule has 0 saturated heterocycles. The Kier molecular flexibility index (Phi) is 7.04. The van der Waals surface area contributed by atoms with E-state index in [2.05, 4.69) is 21.7 Å². The number of carbonyl (C=O) groups excluding carboxylic acids is 1. The van der Waals surface area contributed by atoms with Crippen LogP contribution in [0.4, 0.5) is 0 Å². The average molecular weight is 559 g/mol. The Morgan fingerprint density at radius 1 is 0.897 bits per heavy atom. The van der Waals surface area contributed by atoms with E-state index in [4.69, 9.17) is 30.5 Å². The summed E-state index contributed by atoms with van der Waals surface area (Å²) in [5.74, 6) is 2.33. The lowest BCUT2D eigenvalue weighted by Gasteiger charge is -2.20. The molecule has 1 aliphatic rings. The van der Waals surface area contributed by atoms with E-state index >= 15 is 0 Å². The summed E-state index contributed by atoms with van der Waals surface area (Å²) in [7, 11) is 0. The number of halogens is 1. The monoisotopic (exact) mass is 558 g/mol. The third-order valence-electron chi connectivity index (χ3n) is 6.59. The molecule has 0 spiro atoms. The van der Waals surface area contributed by atoms with Crippen molar-refractivity contribution in [2.75, 3.05) is 13.2 Å². The maximum absolute atomic E-state index is 11.7. The molecule has 7 nitrogen and oxygen atoms in total. The summed E-state index contributed by atoms with van der Waals surface area (Å²) in [6.07, 6.45) is 0.722. The summed E-state index contributed by atoms with van der Waals surface area (Å²) in [4.78, 5) is 11.7. The molecule has 9 heteroatoms. The number of hydrogen-bond acceptors (Lipinski definition) is 8. The summed E-state index contributed by atoms with van der Waals surface area (Å²) in [5.41, 5.74) is 7.11. The van der Waals surface area contributed by atoms with Gasteiger partial charge < -0.3 is 18.9 Å². The van der Waals surface area contributed by atoms with Gasteiger partial charge >= 0.3 is 0 Å². The number of nitrogens with zero attached hydrogens (tertiary/aromatic N) is 2. The molecular formula is C30H23ClN2O5S. The highest BCUT2D eigenvalue weighted by Crippen LogP contribution is 2.37. The van der Waals surface area contributed by atoms with Gasteiger partial charge in [0.1, 0.15) is 49.0 Å². The largest absolute Gasteiger partial charge is 0.488 e. The summed E-state index contributed by atoms with van der Waals surface area (Å²) < 4.78 is 32.0. The number of carbonyl (C=O) groups is 1. The van der Waals surface area contributed by atoms with Crippen molar-refractivity contribution in [2.24, 2.45) is 0 Å². The fraction of sp³-hybridized carbons (Fsp3) is 0.167. The van der Waals surface area contributed by atoms with Crippen LogP contribution in [-0.4, -0.2) is 28.2 Å². The molecule has 0 atom stereocenters. The molecule has 0 bridgehead atoms. The van der Waals surface area contributed by atoms with Crippen LogP contribution in [0, 0.1) is 6.92 Å². The standard InChI is InChI=1S/C30H23ClN2O5S/c1-18-21(3-2-4-23(18)20-6-8-27-30(13-20)36-10-9-35-27)17-38-29-14-28(22(15-34)12-24(29)31)37-16-19-5-7-25-26(11-19)33-39-32-25/h2-8,11-15H,9-10,16-17H2,1H3. The predicted molar refractivity (Wildman–Crippen MR) is 151 cm³/mol. The minimum Gasteiger partial charge on any atom is -0.488 e. The zero-order valence-electron chi connectivity index (χ0n) is 21.0. The first-order valence-corrected chi connectivity index (χ1v) is 13.4. The lowest BCUT2D eigenvalue weighted by molar-refractivity contribution is 0.111. The van der Waals surface area contributed by atoms with Crippen molar-refractivity contribution in [3.63, 3.8) is 0 Å². The smallest absolute Gasteiger partial charge is 0.161 e. The van der Waals surface area contributed by atoms with Crippen LogP contribution in [-0.2, 0) is 13.2 Å². The van der Waals surface area contributed by atoms with Crippen LogP contribution in [0.1, 0.15) is 27.0 Å². The Labute approximate surface area is 234 Å². The lowest BCUT2D eigenvalue weighted by Crippen LogP contribution is -2.15. The van der Waals surface area contributed by atoms with Crippen LogP contribution >= 0.6 is 23.3 Å². The Bertz CT molecular complexity index is 1690. The number of rotatable bonds is 8. The van der Waals surface area contributed by atoms with Gasteiger partial charge in [0.2, 0.25) is 0 Å². The van der Waals surface area contributed by atoms with Crippen molar-refractivity contribution in [1.82, 2.24) is 8.75 Å². The number of aldehydes is 1. The molecule has 39 heavy (non-hydrogen) atoms. The molecule has 1 aromatic heterocycles. The third-order valence-corrected chi connectivity index (χ3v) is 7.44. The van der Waals surface area contributed by atoms with Crippen molar-refractivity contribution in [3.8, 4) is 34.1 Å². The molecule has 6 rings (SSSR count). The molecule has 0 amide bonds. The first kappa shape index (κ1) is 25.2. The van der Waals surface area contributed by atoms with Gasteiger partial charge in [-0.05, 0) is 65.1 Å². The van der Waals surface area contributed by atoms with E-state index in [9.17, 15) is 4.79 Å². The minimum absolute atomic E-state index is 0.256. The van der Waals surface area contributed by atoms with Gasteiger partial charge in [0.25, 0.3) is 0 Å². The Morgan fingerprint density at radius 3 is 2.59 bits per heavy atom. The second-order valence-electron chi connectivity index (χ2n) is 9.05. The molecular weight excluding hydrogens is 536 g/mol. The SMILES string of the molecule is Cc1c(COc2cc(OCc3ccc4nsnc4c3)c(C=O)cc2Cl)cccc1-c1ccc2c(c1)OCCO2. The fourth-order valence-corrected chi connectivity index (χ4v) is 5.22. The van der Waals surface area contributed by atoms with Crippen LogP contribution in [0.3, 0.4) is 0 Å². The first-order valence-electron chi connectivity index (χ1n) is 12.3. The maximum Gasteiger partial charge on any atom is 0.161 e. The number of ether oxygens (including phenoxy) is 4. The zero-order valence-corrected chi connectivity index (χ0v) is 22.6. The number of hydrogen-bond donors (Lipinski definition) is 0. The second kappa shape index (κ2) is 10.9. The molecule has 4 aromatic carbocycles. The average Bonchev–Trinajstić information content (AvgIpc) is 3.44. The highest BCUT2D eigenvalue weighted by Gasteiger charge is 2.16. The van der Waals surface area contributed by atoms with E-state index in [-0.39, 0.29) is 13.2 Å². The van der Waals surface area contributed by atoms with Crippen molar-refractivity contribution in [3.05, 3.63) is 94.0 Å². The molecule has 0 unspecified atom stereocenters. The maximum atomic E-state index is 11.7. The molecule has 0 aliphatic carbocycles. The van der Waals surface area contributed by atoms with Crippen LogP contribution < -0.4 is 18.9 Å². The molecule has 1 aliphatic heterocycles. The quantitative estimate of drug-likeness (QED) is 0.189. The third kappa shape index (κ3) is 5.26. The first-order chi connectivity index (χ1) is 19.1. The topological polar surface area (TPSA) is 79.8 Å². The molecule has 0 fully saturated rings. The Hall–Kier alpha value is -4.14. The van der Waals surface area contributed by atoms with Crippen LogP contribution in [0.2, 0.25) is 5.02 Å². The van der Waals surface area contributed by atoms with Gasteiger partial charge in [-0.2, -0.15) is 8.75 Å². The molecule has 0 radical (unpaired) electrons. The van der Waals surface area contributed by atoms with Crippen molar-refractivity contribution in [2.45, 2.75) is 20.1 Å². The summed E-state index contributed by atoms with van der Waals surface area (Å²) in [6, 6.07) is 21.0. The van der Waals surface area contributed by atoms with E-state index in [0.29, 0.717) is 35.3 Å². The van der Waals surface area contributed by atoms with Gasteiger partial charge in [0.15, 0.2) is 17.8 Å². The minimum atomic E-state index is 0.256. The summed E-state index contributed by atoms with van der Waals surface area (Å²) in [5, 5.41) is 0.333. The van der Waals surface area contributed by atoms with Gasteiger partial charge in [-0.15, -0.1) is 0 Å². The van der Waals surface area contributed by atoms with Gasteiger partial charge in [0.05, 0.1) is 22.3 Å². The number of aromatic nitrogens is 2. The Morgan fingerprint density at radius 2 is 1.72 bits per heavy atom. The fourth-order valence-electron chi connectivity index (χ4n) is 4.48. The van der Waals surface area contributed by atoms with Gasteiger partial charge in [-0.25, -0.2) is 0 Å². The molecule has 5 aromatic rings. The van der Waals surface area contributed by atoms with Gasteiger partial charge in [-0.1, -0.05) is 41.9 Å². The number of benzene rings is 4. The molecule has 0 saturated carbocycles. The molecule has 0 N–H and O–H groups in total. The van der Waals surface area contributed by atoms with E-state index in [1.165, 1.54) is 11.7 Å². The van der Waals surface area contributed by atoms with E-state index in [1.807, 2.05) is 48.5 Å². The summed E-state index contributed by atoms with van der Waals surface area (Å²) in [6.45, 7) is 3.70. The Balaban J connectivity index is 1.20. The lowest BCUT2D eigenvalue weighted by atomic mass is 9.96. The van der Waals surface area contributed by atoms with Crippen molar-refractivity contribution < 1.29 is 23.7 Å². The predicted octanol–water partition coefficient (Wildman–Crippen LogP) is 7.06. The van der Waals surface area contributed by atoms with E-state index in [1.54, 1.807) is 12.1 Å². The van der Waals surface area contributed by atoms with E-state index < -0.39 is 0 Å². The normalized spacial score (nSPS) is 12.4. The highest BCUT2D eigenvalue weighted by molar-refractivity contribution is 7.00. The van der Waals surface area contributed by atoms with Crippen molar-refractivity contribution in [1.29, 1.82) is 0 Å². The number of fused-ring (bicyclic) bond motifs is 2. The van der Waals surface area contributed by atoms with Gasteiger partial charge in [0, 0.05) is 6.07 Å².